The van der Waals surface area contributed by atoms with Crippen LogP contribution in [-0.2, 0) is 9.84 Å². The van der Waals surface area contributed by atoms with E-state index in [9.17, 15) is 12.8 Å². The van der Waals surface area contributed by atoms with Crippen LogP contribution in [0.4, 0.5) is 4.39 Å². The fourth-order valence-electron chi connectivity index (χ4n) is 1.67. The lowest BCUT2D eigenvalue weighted by atomic mass is 10.0. The second kappa shape index (κ2) is 6.29. The van der Waals surface area contributed by atoms with Gasteiger partial charge in [-0.3, -0.25) is 0 Å². The fraction of sp³-hybridized carbons (Fsp3) is 0.538. The molecular weight excluding hydrogens is 253 g/mol. The molecule has 0 spiro atoms. The van der Waals surface area contributed by atoms with Gasteiger partial charge in [0.25, 0.3) is 0 Å². The Hall–Kier alpha value is -0.940. The summed E-state index contributed by atoms with van der Waals surface area (Å²) in [6, 6.07) is 4.59. The van der Waals surface area contributed by atoms with Crippen molar-refractivity contribution in [1.29, 1.82) is 0 Å². The van der Waals surface area contributed by atoms with Gasteiger partial charge in [0.2, 0.25) is 0 Å². The van der Waals surface area contributed by atoms with E-state index < -0.39 is 9.84 Å². The van der Waals surface area contributed by atoms with Crippen LogP contribution in [0, 0.1) is 12.7 Å². The van der Waals surface area contributed by atoms with Gasteiger partial charge in [-0.2, -0.15) is 0 Å². The molecule has 0 saturated heterocycles. The Kier molecular flexibility index (Phi) is 5.28. The van der Waals surface area contributed by atoms with Crippen LogP contribution in [0.5, 0.6) is 0 Å². The van der Waals surface area contributed by atoms with Gasteiger partial charge in [0.05, 0.1) is 5.75 Å². The number of aryl methyl sites for hydroxylation is 1. The van der Waals surface area contributed by atoms with Gasteiger partial charge in [0.15, 0.2) is 0 Å². The number of benzene rings is 1. The molecule has 0 fully saturated rings. The van der Waals surface area contributed by atoms with Gasteiger partial charge in [0, 0.05) is 11.8 Å². The lowest BCUT2D eigenvalue weighted by Gasteiger charge is -2.12. The lowest BCUT2D eigenvalue weighted by molar-refractivity contribution is 0.579. The van der Waals surface area contributed by atoms with E-state index in [1.165, 1.54) is 6.07 Å². The Balaban J connectivity index is 2.55. The van der Waals surface area contributed by atoms with E-state index in [4.69, 9.17) is 5.73 Å². The normalized spacial score (nSPS) is 13.6. The minimum atomic E-state index is -2.94. The van der Waals surface area contributed by atoms with Crippen molar-refractivity contribution in [3.8, 4) is 0 Å². The number of sulfone groups is 1. The molecule has 0 aromatic heterocycles. The van der Waals surface area contributed by atoms with Crippen LogP contribution in [0.15, 0.2) is 18.2 Å². The molecule has 1 unspecified atom stereocenters. The molecule has 3 nitrogen and oxygen atoms in total. The Morgan fingerprint density at radius 2 is 2.06 bits per heavy atom. The molecule has 0 aliphatic heterocycles. The molecular formula is C13H20FNO2S. The second-order valence-corrected chi connectivity index (χ2v) is 6.97. The molecule has 0 radical (unpaired) electrons. The van der Waals surface area contributed by atoms with E-state index in [2.05, 4.69) is 0 Å². The average Bonchev–Trinajstić information content (AvgIpc) is 2.32. The van der Waals surface area contributed by atoms with Gasteiger partial charge in [-0.05, 0) is 37.0 Å². The monoisotopic (exact) mass is 273 g/mol. The second-order valence-electron chi connectivity index (χ2n) is 4.49. The summed E-state index contributed by atoms with van der Waals surface area (Å²) in [4.78, 5) is 0. The number of nitrogens with two attached hydrogens (primary N) is 1. The van der Waals surface area contributed by atoms with Gasteiger partial charge in [0.1, 0.15) is 15.7 Å². The highest BCUT2D eigenvalue weighted by atomic mass is 32.2. The van der Waals surface area contributed by atoms with Crippen molar-refractivity contribution in [2.24, 2.45) is 5.73 Å². The standard InChI is InChI=1S/C13H20FNO2S/c1-3-18(16,17)8-4-5-13(15)11-7-6-10(2)12(14)9-11/h6-7,9,13H,3-5,8,15H2,1-2H3. The van der Waals surface area contributed by atoms with Crippen molar-refractivity contribution in [2.45, 2.75) is 32.7 Å². The quantitative estimate of drug-likeness (QED) is 0.865. The van der Waals surface area contributed by atoms with Crippen molar-refractivity contribution < 1.29 is 12.8 Å². The topological polar surface area (TPSA) is 60.2 Å². The molecule has 1 atom stereocenters. The number of hydrogen-bond acceptors (Lipinski definition) is 3. The van der Waals surface area contributed by atoms with Crippen molar-refractivity contribution in [3.05, 3.63) is 35.1 Å². The van der Waals surface area contributed by atoms with Gasteiger partial charge in [-0.15, -0.1) is 0 Å². The van der Waals surface area contributed by atoms with Crippen LogP contribution in [0.2, 0.25) is 0 Å². The van der Waals surface area contributed by atoms with Crippen LogP contribution < -0.4 is 5.73 Å². The molecule has 0 heterocycles. The molecule has 102 valence electrons. The Morgan fingerprint density at radius 1 is 1.39 bits per heavy atom. The SMILES string of the molecule is CCS(=O)(=O)CCCC(N)c1ccc(C)c(F)c1. The first kappa shape index (κ1) is 15.1. The largest absolute Gasteiger partial charge is 0.324 e. The highest BCUT2D eigenvalue weighted by molar-refractivity contribution is 7.91. The molecule has 18 heavy (non-hydrogen) atoms. The van der Waals surface area contributed by atoms with Crippen LogP contribution in [0.1, 0.15) is 36.9 Å². The average molecular weight is 273 g/mol. The minimum absolute atomic E-state index is 0.144. The third kappa shape index (κ3) is 4.38. The van der Waals surface area contributed by atoms with E-state index in [-0.39, 0.29) is 23.4 Å². The fourth-order valence-corrected chi connectivity index (χ4v) is 2.57. The smallest absolute Gasteiger partial charge is 0.150 e. The first-order valence-electron chi connectivity index (χ1n) is 6.08. The molecule has 0 aliphatic rings. The van der Waals surface area contributed by atoms with E-state index >= 15 is 0 Å². The highest BCUT2D eigenvalue weighted by Gasteiger charge is 2.11. The third-order valence-electron chi connectivity index (χ3n) is 3.03. The Morgan fingerprint density at radius 3 is 2.61 bits per heavy atom. The Labute approximate surface area is 108 Å². The van der Waals surface area contributed by atoms with E-state index in [0.717, 1.165) is 0 Å². The number of halogens is 1. The molecule has 5 heteroatoms. The van der Waals surface area contributed by atoms with Crippen LogP contribution in [0.25, 0.3) is 0 Å². The number of rotatable bonds is 6. The predicted octanol–water partition coefficient (Wildman–Crippen LogP) is 2.35. The van der Waals surface area contributed by atoms with Gasteiger partial charge >= 0.3 is 0 Å². The molecule has 0 bridgehead atoms. The molecule has 1 aromatic rings. The third-order valence-corrected chi connectivity index (χ3v) is 4.82. The summed E-state index contributed by atoms with van der Waals surface area (Å²) >= 11 is 0. The first-order valence-corrected chi connectivity index (χ1v) is 7.90. The minimum Gasteiger partial charge on any atom is -0.324 e. The maximum Gasteiger partial charge on any atom is 0.150 e. The van der Waals surface area contributed by atoms with Crippen molar-refractivity contribution >= 4 is 9.84 Å². The zero-order chi connectivity index (χ0) is 13.8. The Bertz CT molecular complexity index is 500. The molecule has 1 rings (SSSR count). The number of hydrogen-bond donors (Lipinski definition) is 1. The molecule has 0 aliphatic carbocycles. The lowest BCUT2D eigenvalue weighted by Crippen LogP contribution is -2.14. The molecule has 1 aromatic carbocycles. The summed E-state index contributed by atoms with van der Waals surface area (Å²) in [7, 11) is -2.94. The molecule has 0 saturated carbocycles. The van der Waals surface area contributed by atoms with E-state index in [0.29, 0.717) is 24.0 Å². The van der Waals surface area contributed by atoms with Gasteiger partial charge in [-0.25, -0.2) is 12.8 Å². The van der Waals surface area contributed by atoms with Crippen molar-refractivity contribution in [3.63, 3.8) is 0 Å². The predicted molar refractivity (Wildman–Crippen MR) is 71.6 cm³/mol. The van der Waals surface area contributed by atoms with Gasteiger partial charge in [-0.1, -0.05) is 19.1 Å². The zero-order valence-electron chi connectivity index (χ0n) is 10.8. The van der Waals surface area contributed by atoms with Crippen LogP contribution >= 0.6 is 0 Å². The summed E-state index contributed by atoms with van der Waals surface area (Å²) in [5.41, 5.74) is 7.22. The van der Waals surface area contributed by atoms with Crippen LogP contribution in [-0.4, -0.2) is 19.9 Å². The maximum atomic E-state index is 13.4. The summed E-state index contributed by atoms with van der Waals surface area (Å²) in [6.45, 7) is 3.32. The summed E-state index contributed by atoms with van der Waals surface area (Å²) < 4.78 is 36.0. The summed E-state index contributed by atoms with van der Waals surface area (Å²) in [6.07, 6.45) is 1.05. The molecule has 2 N–H and O–H groups in total. The van der Waals surface area contributed by atoms with Gasteiger partial charge < -0.3 is 5.73 Å². The van der Waals surface area contributed by atoms with Crippen molar-refractivity contribution in [2.75, 3.05) is 11.5 Å². The summed E-state index contributed by atoms with van der Waals surface area (Å²) in [5, 5.41) is 0. The first-order chi connectivity index (χ1) is 8.35. The van der Waals surface area contributed by atoms with E-state index in [1.54, 1.807) is 26.0 Å². The summed E-state index contributed by atoms with van der Waals surface area (Å²) in [5.74, 6) is 0.0246. The van der Waals surface area contributed by atoms with Crippen LogP contribution in [0.3, 0.4) is 0 Å². The van der Waals surface area contributed by atoms with Crippen molar-refractivity contribution in [1.82, 2.24) is 0 Å². The maximum absolute atomic E-state index is 13.4. The molecule has 0 amide bonds. The zero-order valence-corrected chi connectivity index (χ0v) is 11.6. The highest BCUT2D eigenvalue weighted by Crippen LogP contribution is 2.19. The van der Waals surface area contributed by atoms with E-state index in [1.807, 2.05) is 0 Å².